The molecule has 0 aromatic carbocycles. The molecular weight excluding hydrogens is 244 g/mol. The predicted molar refractivity (Wildman–Crippen MR) is 75.8 cm³/mol. The van der Waals surface area contributed by atoms with E-state index in [-0.39, 0.29) is 0 Å². The van der Waals surface area contributed by atoms with Crippen molar-refractivity contribution in [2.45, 2.75) is 78.7 Å². The highest BCUT2D eigenvalue weighted by atomic mass is 17.2. The Morgan fingerprint density at radius 1 is 1.16 bits per heavy atom. The van der Waals surface area contributed by atoms with Gasteiger partial charge < -0.3 is 4.74 Å². The van der Waals surface area contributed by atoms with Crippen LogP contribution in [0.2, 0.25) is 0 Å². The molecule has 0 spiro atoms. The first-order chi connectivity index (χ1) is 8.95. The van der Waals surface area contributed by atoms with E-state index >= 15 is 0 Å². The molecule has 19 heavy (non-hydrogen) atoms. The van der Waals surface area contributed by atoms with Gasteiger partial charge in [-0.25, -0.2) is 4.79 Å². The van der Waals surface area contributed by atoms with Gasteiger partial charge in [0, 0.05) is 0 Å². The van der Waals surface area contributed by atoms with Gasteiger partial charge in [-0.2, -0.15) is 4.89 Å². The Balaban J connectivity index is 3.83. The molecule has 0 aromatic heterocycles. The summed E-state index contributed by atoms with van der Waals surface area (Å²) >= 11 is 0. The Hall–Kier alpha value is -0.770. The van der Waals surface area contributed by atoms with Gasteiger partial charge in [0.15, 0.2) is 0 Å². The molecule has 0 aromatic rings. The molecule has 0 rings (SSSR count). The zero-order valence-corrected chi connectivity index (χ0v) is 13.2. The van der Waals surface area contributed by atoms with Crippen LogP contribution in [0.5, 0.6) is 0 Å². The molecule has 0 heterocycles. The average Bonchev–Trinajstić information content (AvgIpc) is 2.32. The summed E-state index contributed by atoms with van der Waals surface area (Å²) in [6.45, 7) is 10.5. The number of unbranched alkanes of at least 4 members (excludes halogenated alkanes) is 1. The number of ether oxygens (including phenoxy) is 1. The average molecular weight is 274 g/mol. The van der Waals surface area contributed by atoms with Gasteiger partial charge in [0.1, 0.15) is 5.60 Å². The molecule has 0 bridgehead atoms. The van der Waals surface area contributed by atoms with Crippen molar-refractivity contribution in [1.29, 1.82) is 0 Å². The summed E-state index contributed by atoms with van der Waals surface area (Å²) in [5.74, 6) is 0.441. The highest BCUT2D eigenvalue weighted by molar-refractivity contribution is 5.59. The molecule has 4 nitrogen and oxygen atoms in total. The second-order valence-corrected chi connectivity index (χ2v) is 5.65. The molecule has 0 aliphatic heterocycles. The number of carbonyl (C=O) groups is 1. The standard InChI is InChI=1S/C15H30O4/c1-6-9-10-13(8-3)12-17-19-14(16)18-15(4,5)11-7-2/h13H,6-12H2,1-5H3. The van der Waals surface area contributed by atoms with Gasteiger partial charge in [-0.05, 0) is 32.6 Å². The van der Waals surface area contributed by atoms with Crippen LogP contribution in [0.15, 0.2) is 0 Å². The summed E-state index contributed by atoms with van der Waals surface area (Å²) in [5, 5.41) is 0. The minimum Gasteiger partial charge on any atom is -0.426 e. The number of hydrogen-bond donors (Lipinski definition) is 0. The van der Waals surface area contributed by atoms with Crippen LogP contribution in [-0.2, 0) is 14.5 Å². The van der Waals surface area contributed by atoms with E-state index in [2.05, 4.69) is 18.7 Å². The third-order valence-corrected chi connectivity index (χ3v) is 3.19. The molecule has 0 radical (unpaired) electrons. The highest BCUT2D eigenvalue weighted by Gasteiger charge is 2.23. The van der Waals surface area contributed by atoms with Gasteiger partial charge in [-0.1, -0.05) is 46.5 Å². The Bertz CT molecular complexity index is 238. The lowest BCUT2D eigenvalue weighted by Gasteiger charge is -2.23. The Morgan fingerprint density at radius 2 is 1.84 bits per heavy atom. The van der Waals surface area contributed by atoms with Crippen LogP contribution in [0.1, 0.15) is 73.1 Å². The van der Waals surface area contributed by atoms with E-state index < -0.39 is 11.8 Å². The van der Waals surface area contributed by atoms with Crippen LogP contribution in [0.25, 0.3) is 0 Å². The van der Waals surface area contributed by atoms with E-state index in [1.165, 1.54) is 12.8 Å². The summed E-state index contributed by atoms with van der Waals surface area (Å²) < 4.78 is 5.19. The monoisotopic (exact) mass is 274 g/mol. The zero-order valence-electron chi connectivity index (χ0n) is 13.2. The molecule has 0 aliphatic carbocycles. The van der Waals surface area contributed by atoms with Crippen LogP contribution in [0.3, 0.4) is 0 Å². The summed E-state index contributed by atoms with van der Waals surface area (Å²) in [4.78, 5) is 21.1. The van der Waals surface area contributed by atoms with Crippen LogP contribution >= 0.6 is 0 Å². The molecule has 0 aliphatic rings. The maximum absolute atomic E-state index is 11.4. The van der Waals surface area contributed by atoms with Crippen molar-refractivity contribution < 1.29 is 19.3 Å². The van der Waals surface area contributed by atoms with Crippen LogP contribution < -0.4 is 0 Å². The van der Waals surface area contributed by atoms with E-state index in [9.17, 15) is 4.79 Å². The van der Waals surface area contributed by atoms with Crippen molar-refractivity contribution >= 4 is 6.16 Å². The minimum absolute atomic E-state index is 0.441. The number of hydrogen-bond acceptors (Lipinski definition) is 4. The molecule has 1 atom stereocenters. The van der Waals surface area contributed by atoms with Gasteiger partial charge in [0.25, 0.3) is 0 Å². The number of carbonyl (C=O) groups excluding carboxylic acids is 1. The second kappa shape index (κ2) is 10.1. The fraction of sp³-hybridized carbons (Fsp3) is 0.933. The molecule has 114 valence electrons. The first-order valence-corrected chi connectivity index (χ1v) is 7.47. The lowest BCUT2D eigenvalue weighted by Crippen LogP contribution is -2.28. The summed E-state index contributed by atoms with van der Waals surface area (Å²) in [5.41, 5.74) is -0.498. The summed E-state index contributed by atoms with van der Waals surface area (Å²) in [7, 11) is 0. The lowest BCUT2D eigenvalue weighted by molar-refractivity contribution is -0.269. The molecule has 4 heteroatoms. The lowest BCUT2D eigenvalue weighted by atomic mass is 10.0. The van der Waals surface area contributed by atoms with E-state index in [1.54, 1.807) is 0 Å². The Kier molecular flexibility index (Phi) is 9.66. The summed E-state index contributed by atoms with van der Waals surface area (Å²) in [6.07, 6.45) is 5.49. The van der Waals surface area contributed by atoms with Crippen molar-refractivity contribution in [3.8, 4) is 0 Å². The van der Waals surface area contributed by atoms with Crippen LogP contribution in [0.4, 0.5) is 4.79 Å². The predicted octanol–water partition coefficient (Wildman–Crippen LogP) is 4.87. The Labute approximate surface area is 117 Å². The van der Waals surface area contributed by atoms with E-state index in [4.69, 9.17) is 9.62 Å². The van der Waals surface area contributed by atoms with Gasteiger partial charge in [0.2, 0.25) is 0 Å². The third-order valence-electron chi connectivity index (χ3n) is 3.19. The van der Waals surface area contributed by atoms with E-state index in [0.29, 0.717) is 12.5 Å². The molecule has 1 unspecified atom stereocenters. The Morgan fingerprint density at radius 3 is 2.37 bits per heavy atom. The fourth-order valence-corrected chi connectivity index (χ4v) is 1.97. The van der Waals surface area contributed by atoms with Crippen molar-refractivity contribution in [2.24, 2.45) is 5.92 Å². The molecular formula is C15H30O4. The maximum atomic E-state index is 11.4. The van der Waals surface area contributed by atoms with Crippen molar-refractivity contribution in [1.82, 2.24) is 0 Å². The van der Waals surface area contributed by atoms with Gasteiger partial charge in [0.05, 0.1) is 6.61 Å². The summed E-state index contributed by atoms with van der Waals surface area (Å²) in [6, 6.07) is 0. The first kappa shape index (κ1) is 18.2. The SMILES string of the molecule is CCCCC(CC)COOC(=O)OC(C)(C)CCC. The molecule has 0 saturated heterocycles. The largest absolute Gasteiger partial charge is 0.540 e. The van der Waals surface area contributed by atoms with Crippen LogP contribution in [0, 0.1) is 5.92 Å². The fourth-order valence-electron chi connectivity index (χ4n) is 1.97. The van der Waals surface area contributed by atoms with Gasteiger partial charge >= 0.3 is 6.16 Å². The van der Waals surface area contributed by atoms with Crippen molar-refractivity contribution in [2.75, 3.05) is 6.61 Å². The van der Waals surface area contributed by atoms with Crippen molar-refractivity contribution in [3.63, 3.8) is 0 Å². The van der Waals surface area contributed by atoms with Crippen molar-refractivity contribution in [3.05, 3.63) is 0 Å². The molecule has 0 amide bonds. The highest BCUT2D eigenvalue weighted by Crippen LogP contribution is 2.18. The zero-order chi connectivity index (χ0) is 14.7. The van der Waals surface area contributed by atoms with Crippen LogP contribution in [-0.4, -0.2) is 18.4 Å². The maximum Gasteiger partial charge on any atom is 0.540 e. The second-order valence-electron chi connectivity index (χ2n) is 5.65. The smallest absolute Gasteiger partial charge is 0.426 e. The first-order valence-electron chi connectivity index (χ1n) is 7.47. The third kappa shape index (κ3) is 9.77. The quantitative estimate of drug-likeness (QED) is 0.324. The molecule has 0 saturated carbocycles. The molecule has 0 N–H and O–H groups in total. The van der Waals surface area contributed by atoms with E-state index in [0.717, 1.165) is 25.7 Å². The minimum atomic E-state index is -0.746. The normalized spacial score (nSPS) is 13.1. The molecule has 0 fully saturated rings. The van der Waals surface area contributed by atoms with Gasteiger partial charge in [-0.3, -0.25) is 4.89 Å². The van der Waals surface area contributed by atoms with E-state index in [1.807, 2.05) is 20.8 Å². The number of rotatable bonds is 10. The topological polar surface area (TPSA) is 44.8 Å². The van der Waals surface area contributed by atoms with Gasteiger partial charge in [-0.15, -0.1) is 0 Å².